The molecule has 0 atom stereocenters. The fraction of sp³-hybridized carbons (Fsp3) is 0.100. The molecule has 0 fully saturated rings. The van der Waals surface area contributed by atoms with Gasteiger partial charge < -0.3 is 5.32 Å². The second kappa shape index (κ2) is 6.92. The third-order valence-electron chi connectivity index (χ3n) is 4.28. The molecule has 0 aliphatic carbocycles. The predicted octanol–water partition coefficient (Wildman–Crippen LogP) is 4.58. The maximum absolute atomic E-state index is 14.5. The maximum atomic E-state index is 14.5. The summed E-state index contributed by atoms with van der Waals surface area (Å²) in [5, 5.41) is 4.67. The Morgan fingerprint density at radius 2 is 2.00 bits per heavy atom. The Bertz CT molecular complexity index is 1120. The smallest absolute Gasteiger partial charge is 0.251 e. The molecule has 4 aromatic rings. The number of aryl methyl sites for hydroxylation is 1. The molecule has 0 aliphatic rings. The van der Waals surface area contributed by atoms with Crippen molar-refractivity contribution in [1.82, 2.24) is 14.7 Å². The van der Waals surface area contributed by atoms with Crippen LogP contribution in [0.5, 0.6) is 0 Å². The topological polar surface area (TPSA) is 46.4 Å². The second-order valence-corrected chi connectivity index (χ2v) is 7.03. The van der Waals surface area contributed by atoms with Gasteiger partial charge in [0.25, 0.3) is 5.91 Å². The summed E-state index contributed by atoms with van der Waals surface area (Å²) in [6.45, 7) is 1.97. The first-order valence-corrected chi connectivity index (χ1v) is 9.14. The lowest BCUT2D eigenvalue weighted by Crippen LogP contribution is -2.23. The van der Waals surface area contributed by atoms with E-state index in [1.807, 2.05) is 22.2 Å². The van der Waals surface area contributed by atoms with Crippen LogP contribution in [-0.4, -0.2) is 15.3 Å². The fourth-order valence-electron chi connectivity index (χ4n) is 2.94. The Morgan fingerprint density at radius 1 is 1.19 bits per heavy atom. The van der Waals surface area contributed by atoms with Crippen LogP contribution in [0, 0.1) is 18.6 Å². The van der Waals surface area contributed by atoms with Gasteiger partial charge in [0.15, 0.2) is 4.96 Å². The van der Waals surface area contributed by atoms with Crippen LogP contribution in [0.15, 0.2) is 54.2 Å². The Morgan fingerprint density at radius 3 is 2.74 bits per heavy atom. The zero-order chi connectivity index (χ0) is 19.0. The molecule has 1 N–H and O–H groups in total. The second-order valence-electron chi connectivity index (χ2n) is 6.16. The predicted molar refractivity (Wildman–Crippen MR) is 101 cm³/mol. The van der Waals surface area contributed by atoms with Gasteiger partial charge in [-0.2, -0.15) is 0 Å². The third kappa shape index (κ3) is 3.46. The summed E-state index contributed by atoms with van der Waals surface area (Å²) < 4.78 is 29.7. The molecule has 1 amide bonds. The van der Waals surface area contributed by atoms with Crippen molar-refractivity contribution in [2.45, 2.75) is 13.5 Å². The summed E-state index contributed by atoms with van der Waals surface area (Å²) in [5.41, 5.74) is 2.51. The Balaban J connectivity index is 1.51. The first-order chi connectivity index (χ1) is 13.0. The van der Waals surface area contributed by atoms with Crippen LogP contribution in [0.2, 0.25) is 0 Å². The van der Waals surface area contributed by atoms with Gasteiger partial charge in [0.2, 0.25) is 0 Å². The van der Waals surface area contributed by atoms with E-state index >= 15 is 0 Å². The Labute approximate surface area is 158 Å². The highest BCUT2D eigenvalue weighted by atomic mass is 32.1. The molecule has 4 rings (SSSR count). The lowest BCUT2D eigenvalue weighted by atomic mass is 9.98. The highest BCUT2D eigenvalue weighted by Crippen LogP contribution is 2.27. The van der Waals surface area contributed by atoms with Crippen LogP contribution >= 0.6 is 11.3 Å². The number of thiazole rings is 1. The van der Waals surface area contributed by atoms with Gasteiger partial charge in [-0.1, -0.05) is 12.1 Å². The highest BCUT2D eigenvalue weighted by Gasteiger charge is 2.13. The molecule has 0 spiro atoms. The number of aromatic nitrogens is 2. The van der Waals surface area contributed by atoms with Gasteiger partial charge in [0.1, 0.15) is 11.6 Å². The number of benzene rings is 2. The summed E-state index contributed by atoms with van der Waals surface area (Å²) in [5.74, 6) is -1.28. The van der Waals surface area contributed by atoms with Crippen molar-refractivity contribution in [3.05, 3.63) is 82.6 Å². The monoisotopic (exact) mass is 383 g/mol. The normalized spacial score (nSPS) is 11.1. The molecule has 136 valence electrons. The molecule has 2 heterocycles. The largest absolute Gasteiger partial charge is 0.346 e. The van der Waals surface area contributed by atoms with E-state index in [2.05, 4.69) is 10.3 Å². The van der Waals surface area contributed by atoms with Gasteiger partial charge in [-0.15, -0.1) is 11.3 Å². The van der Waals surface area contributed by atoms with Crippen molar-refractivity contribution in [3.8, 4) is 11.1 Å². The highest BCUT2D eigenvalue weighted by molar-refractivity contribution is 7.15. The van der Waals surface area contributed by atoms with Crippen LogP contribution < -0.4 is 5.32 Å². The van der Waals surface area contributed by atoms with Crippen molar-refractivity contribution < 1.29 is 13.6 Å². The van der Waals surface area contributed by atoms with E-state index in [1.165, 1.54) is 41.7 Å². The molecule has 0 unspecified atom stereocenters. The zero-order valence-corrected chi connectivity index (χ0v) is 15.2. The number of halogens is 2. The molecule has 27 heavy (non-hydrogen) atoms. The molecular formula is C20H15F2N3OS. The van der Waals surface area contributed by atoms with Gasteiger partial charge in [-0.05, 0) is 42.3 Å². The molecule has 7 heteroatoms. The van der Waals surface area contributed by atoms with Crippen LogP contribution in [0.4, 0.5) is 8.78 Å². The molecule has 2 aromatic heterocycles. The lowest BCUT2D eigenvalue weighted by Gasteiger charge is -2.09. The SMILES string of the molecule is Cc1cc(F)ccc1-c1ccc(C(=O)NCc2cn3ccsc3n2)cc1F. The maximum Gasteiger partial charge on any atom is 0.251 e. The summed E-state index contributed by atoms with van der Waals surface area (Å²) in [7, 11) is 0. The van der Waals surface area contributed by atoms with E-state index in [4.69, 9.17) is 0 Å². The number of rotatable bonds is 4. The van der Waals surface area contributed by atoms with Gasteiger partial charge in [-0.3, -0.25) is 9.20 Å². The molecule has 2 aromatic carbocycles. The van der Waals surface area contributed by atoms with Crippen molar-refractivity contribution in [3.63, 3.8) is 0 Å². The Kier molecular flexibility index (Phi) is 4.45. The van der Waals surface area contributed by atoms with Gasteiger partial charge in [0, 0.05) is 28.9 Å². The number of amides is 1. The van der Waals surface area contributed by atoms with Crippen LogP contribution in [0.3, 0.4) is 0 Å². The average Bonchev–Trinajstić information content (AvgIpc) is 3.22. The first kappa shape index (κ1) is 17.4. The zero-order valence-electron chi connectivity index (χ0n) is 14.4. The standard InChI is InChI=1S/C20H15F2N3OS/c1-12-8-14(21)3-5-16(12)17-4-2-13(9-18(17)22)19(26)23-10-15-11-25-6-7-27-20(25)24-15/h2-9,11H,10H2,1H3,(H,23,26). The first-order valence-electron chi connectivity index (χ1n) is 8.26. The van der Waals surface area contributed by atoms with Gasteiger partial charge >= 0.3 is 0 Å². The van der Waals surface area contributed by atoms with E-state index in [-0.39, 0.29) is 23.8 Å². The summed E-state index contributed by atoms with van der Waals surface area (Å²) in [6, 6.07) is 8.47. The van der Waals surface area contributed by atoms with Gasteiger partial charge in [0.05, 0.1) is 12.2 Å². The van der Waals surface area contributed by atoms with E-state index in [1.54, 1.807) is 13.0 Å². The number of nitrogens with zero attached hydrogens (tertiary/aromatic N) is 2. The number of hydrogen-bond donors (Lipinski definition) is 1. The van der Waals surface area contributed by atoms with Crippen molar-refractivity contribution in [2.75, 3.05) is 0 Å². The fourth-order valence-corrected chi connectivity index (χ4v) is 3.66. The summed E-state index contributed by atoms with van der Waals surface area (Å²) in [6.07, 6.45) is 3.73. The quantitative estimate of drug-likeness (QED) is 0.561. The molecule has 0 radical (unpaired) electrons. The summed E-state index contributed by atoms with van der Waals surface area (Å²) >= 11 is 1.51. The van der Waals surface area contributed by atoms with Crippen molar-refractivity contribution in [2.24, 2.45) is 0 Å². The van der Waals surface area contributed by atoms with Crippen LogP contribution in [-0.2, 0) is 6.54 Å². The molecule has 4 nitrogen and oxygen atoms in total. The molecule has 0 saturated heterocycles. The van der Waals surface area contributed by atoms with Crippen molar-refractivity contribution >= 4 is 22.2 Å². The molecule has 0 aliphatic heterocycles. The number of imidazole rings is 1. The number of hydrogen-bond acceptors (Lipinski definition) is 3. The molecule has 0 bridgehead atoms. The van der Waals surface area contributed by atoms with Gasteiger partial charge in [-0.25, -0.2) is 13.8 Å². The number of fused-ring (bicyclic) bond motifs is 1. The number of carbonyl (C=O) groups is 1. The molecule has 0 saturated carbocycles. The lowest BCUT2D eigenvalue weighted by molar-refractivity contribution is 0.0950. The van der Waals surface area contributed by atoms with Crippen molar-refractivity contribution in [1.29, 1.82) is 0 Å². The van der Waals surface area contributed by atoms with E-state index < -0.39 is 5.82 Å². The third-order valence-corrected chi connectivity index (χ3v) is 5.05. The summed E-state index contributed by atoms with van der Waals surface area (Å²) in [4.78, 5) is 17.6. The minimum Gasteiger partial charge on any atom is -0.346 e. The van der Waals surface area contributed by atoms with Crippen LogP contribution in [0.25, 0.3) is 16.1 Å². The van der Waals surface area contributed by atoms with Crippen LogP contribution in [0.1, 0.15) is 21.6 Å². The minimum atomic E-state index is -0.528. The molecular weight excluding hydrogens is 368 g/mol. The van der Waals surface area contributed by atoms with E-state index in [0.29, 0.717) is 16.7 Å². The Hall–Kier alpha value is -3.06. The van der Waals surface area contributed by atoms with E-state index in [9.17, 15) is 13.6 Å². The minimum absolute atomic E-state index is 0.219. The number of carbonyl (C=O) groups excluding carboxylic acids is 1. The van der Waals surface area contributed by atoms with E-state index in [0.717, 1.165) is 10.7 Å². The average molecular weight is 383 g/mol. The number of nitrogens with one attached hydrogen (secondary N) is 1.